The third-order valence-corrected chi connectivity index (χ3v) is 3.87. The molecule has 1 heterocycles. The van der Waals surface area contributed by atoms with Crippen molar-refractivity contribution in [3.8, 4) is 0 Å². The molecule has 0 atom stereocenters. The van der Waals surface area contributed by atoms with Gasteiger partial charge in [0, 0.05) is 35.8 Å². The van der Waals surface area contributed by atoms with E-state index in [1.165, 1.54) is 0 Å². The monoisotopic (exact) mass is 296 g/mol. The zero-order valence-electron chi connectivity index (χ0n) is 12.0. The van der Waals surface area contributed by atoms with Crippen LogP contribution in [-0.2, 0) is 4.74 Å². The van der Waals surface area contributed by atoms with Crippen LogP contribution in [0.2, 0.25) is 5.02 Å². The first kappa shape index (κ1) is 15.3. The van der Waals surface area contributed by atoms with Crippen LogP contribution < -0.4 is 5.32 Å². The summed E-state index contributed by atoms with van der Waals surface area (Å²) in [4.78, 5) is 14.5. The van der Waals surface area contributed by atoms with Gasteiger partial charge in [-0.15, -0.1) is 0 Å². The molecule has 0 spiro atoms. The van der Waals surface area contributed by atoms with Crippen molar-refractivity contribution >= 4 is 17.5 Å². The number of nitrogens with zero attached hydrogens (tertiary/aromatic N) is 1. The van der Waals surface area contributed by atoms with Gasteiger partial charge in [0.1, 0.15) is 0 Å². The number of amides is 1. The minimum atomic E-state index is -0.0890. The Morgan fingerprint density at radius 1 is 1.40 bits per heavy atom. The van der Waals surface area contributed by atoms with Gasteiger partial charge in [-0.3, -0.25) is 9.69 Å². The molecule has 2 rings (SSSR count). The third kappa shape index (κ3) is 3.95. The Morgan fingerprint density at radius 3 is 2.75 bits per heavy atom. The van der Waals surface area contributed by atoms with Gasteiger partial charge in [-0.05, 0) is 32.0 Å². The molecule has 0 bridgehead atoms. The fourth-order valence-corrected chi connectivity index (χ4v) is 2.50. The molecule has 0 unspecified atom stereocenters. The molecule has 0 saturated carbocycles. The lowest BCUT2D eigenvalue weighted by Crippen LogP contribution is -2.55. The molecule has 0 aromatic heterocycles. The molecule has 110 valence electrons. The maximum Gasteiger partial charge on any atom is 0.251 e. The first-order valence-electron chi connectivity index (χ1n) is 6.85. The summed E-state index contributed by atoms with van der Waals surface area (Å²) < 4.78 is 5.36. The molecular formula is C15H21ClN2O2. The van der Waals surface area contributed by atoms with Crippen molar-refractivity contribution in [2.24, 2.45) is 0 Å². The standard InChI is InChI=1S/C15H21ClN2O2/c1-15(2,18-6-8-20-9-7-18)11-17-14(19)12-4-3-5-13(16)10-12/h3-5,10H,6-9,11H2,1-2H3,(H,17,19). The summed E-state index contributed by atoms with van der Waals surface area (Å²) in [5.74, 6) is -0.0890. The predicted octanol–water partition coefficient (Wildman–Crippen LogP) is 2.18. The molecule has 5 heteroatoms. The predicted molar refractivity (Wildman–Crippen MR) is 80.3 cm³/mol. The van der Waals surface area contributed by atoms with Crippen molar-refractivity contribution in [3.63, 3.8) is 0 Å². The van der Waals surface area contributed by atoms with Gasteiger partial charge in [0.05, 0.1) is 13.2 Å². The van der Waals surface area contributed by atoms with E-state index in [1.807, 2.05) is 0 Å². The number of nitrogens with one attached hydrogen (secondary N) is 1. The smallest absolute Gasteiger partial charge is 0.251 e. The minimum absolute atomic E-state index is 0.0853. The van der Waals surface area contributed by atoms with Crippen LogP contribution in [-0.4, -0.2) is 49.2 Å². The maximum absolute atomic E-state index is 12.1. The van der Waals surface area contributed by atoms with Crippen molar-refractivity contribution in [1.82, 2.24) is 10.2 Å². The molecule has 1 aliphatic heterocycles. The Bertz CT molecular complexity index is 471. The molecule has 1 fully saturated rings. The zero-order valence-corrected chi connectivity index (χ0v) is 12.7. The van der Waals surface area contributed by atoms with E-state index in [4.69, 9.17) is 16.3 Å². The lowest BCUT2D eigenvalue weighted by molar-refractivity contribution is -0.00923. The Labute approximate surface area is 125 Å². The molecule has 0 aliphatic carbocycles. The van der Waals surface area contributed by atoms with Crippen molar-refractivity contribution < 1.29 is 9.53 Å². The molecule has 1 aliphatic rings. The second-order valence-corrected chi connectivity index (χ2v) is 6.04. The average Bonchev–Trinajstić information content (AvgIpc) is 2.46. The summed E-state index contributed by atoms with van der Waals surface area (Å²) in [6, 6.07) is 6.99. The normalized spacial score (nSPS) is 16.9. The quantitative estimate of drug-likeness (QED) is 0.926. The van der Waals surface area contributed by atoms with Gasteiger partial charge in [-0.25, -0.2) is 0 Å². The zero-order chi connectivity index (χ0) is 14.6. The van der Waals surface area contributed by atoms with Gasteiger partial charge < -0.3 is 10.1 Å². The van der Waals surface area contributed by atoms with E-state index in [0.717, 1.165) is 26.3 Å². The molecule has 4 nitrogen and oxygen atoms in total. The molecule has 0 radical (unpaired) electrons. The van der Waals surface area contributed by atoms with Crippen LogP contribution >= 0.6 is 11.6 Å². The summed E-state index contributed by atoms with van der Waals surface area (Å²) in [7, 11) is 0. The first-order valence-corrected chi connectivity index (χ1v) is 7.23. The SMILES string of the molecule is CC(C)(CNC(=O)c1cccc(Cl)c1)N1CCOCC1. The van der Waals surface area contributed by atoms with Crippen molar-refractivity contribution in [3.05, 3.63) is 34.9 Å². The maximum atomic E-state index is 12.1. The van der Waals surface area contributed by atoms with Crippen molar-refractivity contribution in [1.29, 1.82) is 0 Å². The van der Waals surface area contributed by atoms with Gasteiger partial charge in [-0.1, -0.05) is 17.7 Å². The van der Waals surface area contributed by atoms with Crippen LogP contribution in [0, 0.1) is 0 Å². The Morgan fingerprint density at radius 2 is 2.10 bits per heavy atom. The highest BCUT2D eigenvalue weighted by Gasteiger charge is 2.28. The number of ether oxygens (including phenoxy) is 1. The van der Waals surface area contributed by atoms with Crippen molar-refractivity contribution in [2.45, 2.75) is 19.4 Å². The molecule has 1 N–H and O–H groups in total. The summed E-state index contributed by atoms with van der Waals surface area (Å²) in [6.45, 7) is 8.18. The number of carbonyl (C=O) groups is 1. The fourth-order valence-electron chi connectivity index (χ4n) is 2.31. The van der Waals surface area contributed by atoms with Gasteiger partial charge >= 0.3 is 0 Å². The molecule has 1 aromatic rings. The van der Waals surface area contributed by atoms with Crippen LogP contribution in [0.15, 0.2) is 24.3 Å². The van der Waals surface area contributed by atoms with E-state index in [2.05, 4.69) is 24.1 Å². The molecule has 1 aromatic carbocycles. The van der Waals surface area contributed by atoms with E-state index < -0.39 is 0 Å². The lowest BCUT2D eigenvalue weighted by Gasteiger charge is -2.40. The van der Waals surface area contributed by atoms with Gasteiger partial charge in [0.15, 0.2) is 0 Å². The van der Waals surface area contributed by atoms with Crippen LogP contribution in [0.4, 0.5) is 0 Å². The van der Waals surface area contributed by atoms with Crippen LogP contribution in [0.5, 0.6) is 0 Å². The Hall–Kier alpha value is -1.10. The van der Waals surface area contributed by atoms with Gasteiger partial charge in [0.25, 0.3) is 5.91 Å². The summed E-state index contributed by atoms with van der Waals surface area (Å²) in [5.41, 5.74) is 0.508. The van der Waals surface area contributed by atoms with E-state index in [0.29, 0.717) is 17.1 Å². The number of carbonyl (C=O) groups excluding carboxylic acids is 1. The molecule has 1 amide bonds. The highest BCUT2D eigenvalue weighted by molar-refractivity contribution is 6.30. The summed E-state index contributed by atoms with van der Waals surface area (Å²) in [5, 5.41) is 3.56. The number of halogens is 1. The summed E-state index contributed by atoms with van der Waals surface area (Å²) in [6.07, 6.45) is 0. The van der Waals surface area contributed by atoms with E-state index in [-0.39, 0.29) is 11.4 Å². The van der Waals surface area contributed by atoms with Crippen LogP contribution in [0.25, 0.3) is 0 Å². The lowest BCUT2D eigenvalue weighted by atomic mass is 10.0. The van der Waals surface area contributed by atoms with E-state index >= 15 is 0 Å². The number of benzene rings is 1. The van der Waals surface area contributed by atoms with Gasteiger partial charge in [0.2, 0.25) is 0 Å². The molecule has 1 saturated heterocycles. The largest absolute Gasteiger partial charge is 0.379 e. The average molecular weight is 297 g/mol. The number of rotatable bonds is 4. The highest BCUT2D eigenvalue weighted by atomic mass is 35.5. The van der Waals surface area contributed by atoms with E-state index in [9.17, 15) is 4.79 Å². The number of hydrogen-bond acceptors (Lipinski definition) is 3. The Balaban J connectivity index is 1.91. The van der Waals surface area contributed by atoms with Crippen molar-refractivity contribution in [2.75, 3.05) is 32.8 Å². The topological polar surface area (TPSA) is 41.6 Å². The second-order valence-electron chi connectivity index (χ2n) is 5.60. The highest BCUT2D eigenvalue weighted by Crippen LogP contribution is 2.16. The molecular weight excluding hydrogens is 276 g/mol. The Kier molecular flexibility index (Phi) is 5.02. The number of hydrogen-bond donors (Lipinski definition) is 1. The summed E-state index contributed by atoms with van der Waals surface area (Å²) >= 11 is 5.90. The minimum Gasteiger partial charge on any atom is -0.379 e. The third-order valence-electron chi connectivity index (χ3n) is 3.64. The van der Waals surface area contributed by atoms with Crippen LogP contribution in [0.3, 0.4) is 0 Å². The van der Waals surface area contributed by atoms with Gasteiger partial charge in [-0.2, -0.15) is 0 Å². The second kappa shape index (κ2) is 6.57. The molecule has 20 heavy (non-hydrogen) atoms. The van der Waals surface area contributed by atoms with Crippen LogP contribution in [0.1, 0.15) is 24.2 Å². The van der Waals surface area contributed by atoms with E-state index in [1.54, 1.807) is 24.3 Å². The fraction of sp³-hybridized carbons (Fsp3) is 0.533. The first-order chi connectivity index (χ1) is 9.49. The number of morpholine rings is 1.